The Bertz CT molecular complexity index is 973. The number of rotatable bonds is 8. The molecule has 6 nitrogen and oxygen atoms in total. The summed E-state index contributed by atoms with van der Waals surface area (Å²) in [6, 6.07) is 8.04. The molecule has 0 aliphatic heterocycles. The number of hydrogen-bond acceptors (Lipinski definition) is 5. The van der Waals surface area contributed by atoms with Gasteiger partial charge in [-0.05, 0) is 52.0 Å². The summed E-state index contributed by atoms with van der Waals surface area (Å²) in [4.78, 5) is 30.4. The molecule has 33 heavy (non-hydrogen) atoms. The van der Waals surface area contributed by atoms with Crippen molar-refractivity contribution in [3.8, 4) is 11.1 Å². The summed E-state index contributed by atoms with van der Waals surface area (Å²) in [5.41, 5.74) is 5.08. The number of nitrogens with one attached hydrogen (secondary N) is 1. The summed E-state index contributed by atoms with van der Waals surface area (Å²) in [7, 11) is 1.39. The zero-order valence-corrected chi connectivity index (χ0v) is 21.3. The first-order valence-electron chi connectivity index (χ1n) is 11.6. The van der Waals surface area contributed by atoms with Crippen molar-refractivity contribution in [2.75, 3.05) is 7.11 Å². The average molecular weight is 455 g/mol. The highest BCUT2D eigenvalue weighted by molar-refractivity contribution is 5.99. The Morgan fingerprint density at radius 2 is 1.73 bits per heavy atom. The SMILES string of the molecule is CCCc1nc(CC(C)C)c(CNC(=O)OC(C)(C)C)c(-c2ccc(C)cc2)c1C(=O)OC. The number of ether oxygens (including phenoxy) is 2. The maximum atomic E-state index is 13.0. The van der Waals surface area contributed by atoms with Crippen LogP contribution in [-0.4, -0.2) is 29.8 Å². The Morgan fingerprint density at radius 3 is 2.24 bits per heavy atom. The first-order chi connectivity index (χ1) is 15.5. The number of alkyl carbamates (subject to hydrolysis) is 1. The van der Waals surface area contributed by atoms with E-state index in [1.807, 2.05) is 52.0 Å². The quantitative estimate of drug-likeness (QED) is 0.494. The lowest BCUT2D eigenvalue weighted by Crippen LogP contribution is -2.33. The fourth-order valence-electron chi connectivity index (χ4n) is 3.72. The molecule has 2 aromatic rings. The maximum absolute atomic E-state index is 13.0. The molecule has 0 saturated heterocycles. The van der Waals surface area contributed by atoms with Gasteiger partial charge in [0.15, 0.2) is 0 Å². The number of aromatic nitrogens is 1. The minimum Gasteiger partial charge on any atom is -0.465 e. The largest absolute Gasteiger partial charge is 0.465 e. The molecule has 180 valence electrons. The molecule has 0 atom stereocenters. The Hall–Kier alpha value is -2.89. The van der Waals surface area contributed by atoms with Crippen molar-refractivity contribution in [2.45, 2.75) is 79.9 Å². The van der Waals surface area contributed by atoms with E-state index in [1.54, 1.807) is 0 Å². The minimum absolute atomic E-state index is 0.198. The molecule has 1 aromatic heterocycles. The van der Waals surface area contributed by atoms with Gasteiger partial charge in [0.1, 0.15) is 5.60 Å². The number of benzene rings is 1. The number of carbonyl (C=O) groups is 2. The highest BCUT2D eigenvalue weighted by Gasteiger charge is 2.27. The predicted octanol–water partition coefficient (Wildman–Crippen LogP) is 6.02. The summed E-state index contributed by atoms with van der Waals surface area (Å²) in [6.07, 6.45) is 1.72. The van der Waals surface area contributed by atoms with Crippen molar-refractivity contribution < 1.29 is 19.1 Å². The lowest BCUT2D eigenvalue weighted by Gasteiger charge is -2.23. The van der Waals surface area contributed by atoms with Gasteiger partial charge in [-0.3, -0.25) is 4.98 Å². The Labute approximate surface area is 198 Å². The van der Waals surface area contributed by atoms with Crippen LogP contribution >= 0.6 is 0 Å². The first-order valence-corrected chi connectivity index (χ1v) is 11.6. The maximum Gasteiger partial charge on any atom is 0.407 e. The fourth-order valence-corrected chi connectivity index (χ4v) is 3.72. The van der Waals surface area contributed by atoms with Gasteiger partial charge in [0, 0.05) is 23.4 Å². The molecule has 0 bridgehead atoms. The first kappa shape index (κ1) is 26.4. The number of aryl methyl sites for hydroxylation is 2. The number of hydrogen-bond donors (Lipinski definition) is 1. The average Bonchev–Trinajstić information content (AvgIpc) is 2.71. The van der Waals surface area contributed by atoms with Gasteiger partial charge in [0.25, 0.3) is 0 Å². The number of methoxy groups -OCH3 is 1. The molecule has 0 aliphatic carbocycles. The van der Waals surface area contributed by atoms with Crippen LogP contribution in [-0.2, 0) is 28.9 Å². The molecule has 1 N–H and O–H groups in total. The fraction of sp³-hybridized carbons (Fsp3) is 0.519. The number of amides is 1. The summed E-state index contributed by atoms with van der Waals surface area (Å²) < 4.78 is 10.6. The molecule has 6 heteroatoms. The van der Waals surface area contributed by atoms with Gasteiger partial charge in [0.05, 0.1) is 18.4 Å². The van der Waals surface area contributed by atoms with Gasteiger partial charge < -0.3 is 14.8 Å². The van der Waals surface area contributed by atoms with E-state index in [4.69, 9.17) is 14.5 Å². The van der Waals surface area contributed by atoms with Crippen LogP contribution in [0.25, 0.3) is 11.1 Å². The van der Waals surface area contributed by atoms with Crippen LogP contribution in [0.3, 0.4) is 0 Å². The molecule has 1 heterocycles. The monoisotopic (exact) mass is 454 g/mol. The molecule has 0 spiro atoms. The second kappa shape index (κ2) is 11.3. The van der Waals surface area contributed by atoms with Gasteiger partial charge in [-0.1, -0.05) is 57.0 Å². The molecular formula is C27H38N2O4. The lowest BCUT2D eigenvalue weighted by atomic mass is 9.88. The molecule has 2 rings (SSSR count). The van der Waals surface area contributed by atoms with E-state index < -0.39 is 17.7 Å². The van der Waals surface area contributed by atoms with E-state index in [0.717, 1.165) is 46.5 Å². The van der Waals surface area contributed by atoms with Crippen LogP contribution in [0.4, 0.5) is 4.79 Å². The van der Waals surface area contributed by atoms with Crippen LogP contribution < -0.4 is 5.32 Å². The summed E-state index contributed by atoms with van der Waals surface area (Å²) in [5.74, 6) is -0.0711. The van der Waals surface area contributed by atoms with Crippen molar-refractivity contribution in [2.24, 2.45) is 5.92 Å². The molecule has 0 fully saturated rings. The molecule has 0 radical (unpaired) electrons. The van der Waals surface area contributed by atoms with Crippen LogP contribution in [0.15, 0.2) is 24.3 Å². The highest BCUT2D eigenvalue weighted by atomic mass is 16.6. The van der Waals surface area contributed by atoms with Crippen LogP contribution in [0, 0.1) is 12.8 Å². The number of esters is 1. The van der Waals surface area contributed by atoms with Crippen LogP contribution in [0.2, 0.25) is 0 Å². The Balaban J connectivity index is 2.76. The van der Waals surface area contributed by atoms with Crippen molar-refractivity contribution in [3.63, 3.8) is 0 Å². The van der Waals surface area contributed by atoms with Crippen molar-refractivity contribution in [1.29, 1.82) is 0 Å². The van der Waals surface area contributed by atoms with Crippen molar-refractivity contribution in [1.82, 2.24) is 10.3 Å². The topological polar surface area (TPSA) is 77.5 Å². The zero-order chi connectivity index (χ0) is 24.8. The second-order valence-corrected chi connectivity index (χ2v) is 9.79. The van der Waals surface area contributed by atoms with Gasteiger partial charge in [-0.15, -0.1) is 0 Å². The number of nitrogens with zero attached hydrogens (tertiary/aromatic N) is 1. The number of pyridine rings is 1. The lowest BCUT2D eigenvalue weighted by molar-refractivity contribution is 0.0523. The van der Waals surface area contributed by atoms with E-state index >= 15 is 0 Å². The second-order valence-electron chi connectivity index (χ2n) is 9.79. The van der Waals surface area contributed by atoms with Crippen molar-refractivity contribution in [3.05, 3.63) is 52.3 Å². The summed E-state index contributed by atoms with van der Waals surface area (Å²) >= 11 is 0. The van der Waals surface area contributed by atoms with Gasteiger partial charge in [-0.2, -0.15) is 0 Å². The van der Waals surface area contributed by atoms with Gasteiger partial charge >= 0.3 is 12.1 Å². The van der Waals surface area contributed by atoms with E-state index in [9.17, 15) is 9.59 Å². The summed E-state index contributed by atoms with van der Waals surface area (Å²) in [5, 5.41) is 2.87. The van der Waals surface area contributed by atoms with E-state index in [1.165, 1.54) is 7.11 Å². The molecular weight excluding hydrogens is 416 g/mol. The van der Waals surface area contributed by atoms with Gasteiger partial charge in [0.2, 0.25) is 0 Å². The zero-order valence-electron chi connectivity index (χ0n) is 21.3. The van der Waals surface area contributed by atoms with Gasteiger partial charge in [-0.25, -0.2) is 9.59 Å². The predicted molar refractivity (Wildman–Crippen MR) is 131 cm³/mol. The molecule has 1 aromatic carbocycles. The third kappa shape index (κ3) is 7.31. The normalized spacial score (nSPS) is 11.4. The smallest absolute Gasteiger partial charge is 0.407 e. The van der Waals surface area contributed by atoms with Crippen molar-refractivity contribution >= 4 is 12.1 Å². The van der Waals surface area contributed by atoms with Crippen LogP contribution in [0.5, 0.6) is 0 Å². The van der Waals surface area contributed by atoms with E-state index in [0.29, 0.717) is 17.9 Å². The molecule has 0 unspecified atom stereocenters. The third-order valence-corrected chi connectivity index (χ3v) is 5.09. The van der Waals surface area contributed by atoms with Crippen LogP contribution in [0.1, 0.15) is 80.8 Å². The van der Waals surface area contributed by atoms with E-state index in [2.05, 4.69) is 26.1 Å². The Kier molecular flexibility index (Phi) is 9.03. The van der Waals surface area contributed by atoms with E-state index in [-0.39, 0.29) is 6.54 Å². The highest BCUT2D eigenvalue weighted by Crippen LogP contribution is 2.34. The molecule has 0 saturated carbocycles. The Morgan fingerprint density at radius 1 is 1.09 bits per heavy atom. The molecule has 0 aliphatic rings. The standard InChI is InChI=1S/C27H38N2O4/c1-9-10-21-24(25(30)32-8)23(19-13-11-18(4)12-14-19)20(22(29-21)15-17(2)3)16-28-26(31)33-27(5,6)7/h11-14,17H,9-10,15-16H2,1-8H3,(H,28,31). The summed E-state index contributed by atoms with van der Waals surface area (Å²) in [6.45, 7) is 14.0. The minimum atomic E-state index is -0.606. The molecule has 1 amide bonds. The number of carbonyl (C=O) groups excluding carboxylic acids is 2. The third-order valence-electron chi connectivity index (χ3n) is 5.09.